The summed E-state index contributed by atoms with van der Waals surface area (Å²) in [5.41, 5.74) is -0.107. The van der Waals surface area contributed by atoms with Gasteiger partial charge in [0.05, 0.1) is 5.41 Å². The summed E-state index contributed by atoms with van der Waals surface area (Å²) in [6.07, 6.45) is 0.456. The number of likely N-dealkylation sites (tertiary alicyclic amines) is 1. The Hall–Kier alpha value is -1.46. The zero-order valence-electron chi connectivity index (χ0n) is 11.5. The number of nitrogens with one attached hydrogen (secondary N) is 1. The fraction of sp³-hybridized carbons (Fsp3) is 0.429. The Morgan fingerprint density at radius 2 is 2.14 bits per heavy atom. The number of carboxylic acid groups (broad SMARTS) is 1. The van der Waals surface area contributed by atoms with Crippen molar-refractivity contribution < 1.29 is 14.7 Å². The fourth-order valence-corrected chi connectivity index (χ4v) is 2.73. The highest BCUT2D eigenvalue weighted by molar-refractivity contribution is 6.35. The third-order valence-corrected chi connectivity index (χ3v) is 4.31. The number of nitrogens with zero attached hydrogens (tertiary/aromatic N) is 1. The molecule has 1 aromatic rings. The molecule has 1 atom stereocenters. The number of urea groups is 1. The summed E-state index contributed by atoms with van der Waals surface area (Å²) in [5, 5.41) is 12.9. The van der Waals surface area contributed by atoms with Gasteiger partial charge in [-0.3, -0.25) is 4.79 Å². The molecule has 0 aromatic heterocycles. The molecule has 0 saturated carbocycles. The maximum absolute atomic E-state index is 12.1. The Labute approximate surface area is 132 Å². The Morgan fingerprint density at radius 1 is 1.43 bits per heavy atom. The first-order valence-electron chi connectivity index (χ1n) is 6.52. The second-order valence-electron chi connectivity index (χ2n) is 5.43. The van der Waals surface area contributed by atoms with Crippen molar-refractivity contribution in [2.45, 2.75) is 19.9 Å². The molecule has 0 radical (unpaired) electrons. The van der Waals surface area contributed by atoms with Gasteiger partial charge in [-0.15, -0.1) is 0 Å². The largest absolute Gasteiger partial charge is 0.481 e. The van der Waals surface area contributed by atoms with E-state index < -0.39 is 11.4 Å². The molecule has 0 aliphatic carbocycles. The number of hydrogen-bond acceptors (Lipinski definition) is 2. The number of rotatable bonds is 3. The van der Waals surface area contributed by atoms with Gasteiger partial charge in [-0.1, -0.05) is 29.3 Å². The average Bonchev–Trinajstić information content (AvgIpc) is 2.82. The molecular weight excluding hydrogens is 315 g/mol. The molecule has 1 unspecified atom stereocenters. The van der Waals surface area contributed by atoms with Crippen LogP contribution in [0.2, 0.25) is 10.0 Å². The first kappa shape index (κ1) is 15.9. The summed E-state index contributed by atoms with van der Waals surface area (Å²) in [4.78, 5) is 24.7. The smallest absolute Gasteiger partial charge is 0.317 e. The lowest BCUT2D eigenvalue weighted by atomic mass is 9.90. The number of benzene rings is 1. The normalized spacial score (nSPS) is 21.4. The van der Waals surface area contributed by atoms with Crippen LogP contribution in [0.15, 0.2) is 18.2 Å². The van der Waals surface area contributed by atoms with Crippen LogP contribution in [0.1, 0.15) is 18.9 Å². The van der Waals surface area contributed by atoms with E-state index in [1.807, 2.05) is 0 Å². The van der Waals surface area contributed by atoms with Crippen LogP contribution in [0.5, 0.6) is 0 Å². The molecule has 0 spiro atoms. The number of halogens is 2. The second-order valence-corrected chi connectivity index (χ2v) is 6.28. The van der Waals surface area contributed by atoms with Crippen LogP contribution in [0.3, 0.4) is 0 Å². The molecule has 2 amide bonds. The molecule has 1 saturated heterocycles. The summed E-state index contributed by atoms with van der Waals surface area (Å²) < 4.78 is 0. The van der Waals surface area contributed by atoms with Crippen LogP contribution in [0.25, 0.3) is 0 Å². The quantitative estimate of drug-likeness (QED) is 0.894. The van der Waals surface area contributed by atoms with E-state index in [2.05, 4.69) is 5.32 Å². The van der Waals surface area contributed by atoms with Gasteiger partial charge in [0.1, 0.15) is 0 Å². The lowest BCUT2D eigenvalue weighted by Crippen LogP contribution is -2.40. The number of aliphatic carboxylic acids is 1. The van der Waals surface area contributed by atoms with E-state index in [9.17, 15) is 9.59 Å². The van der Waals surface area contributed by atoms with Gasteiger partial charge in [-0.05, 0) is 31.0 Å². The lowest BCUT2D eigenvalue weighted by molar-refractivity contribution is -0.146. The van der Waals surface area contributed by atoms with Crippen molar-refractivity contribution in [1.82, 2.24) is 10.2 Å². The van der Waals surface area contributed by atoms with Crippen LogP contribution in [0.4, 0.5) is 4.79 Å². The van der Waals surface area contributed by atoms with E-state index in [-0.39, 0.29) is 19.1 Å². The third-order valence-electron chi connectivity index (χ3n) is 3.72. The molecular formula is C14H16Cl2N2O3. The van der Waals surface area contributed by atoms with Crippen molar-refractivity contribution >= 4 is 35.2 Å². The zero-order valence-corrected chi connectivity index (χ0v) is 13.0. The van der Waals surface area contributed by atoms with Crippen molar-refractivity contribution in [3.63, 3.8) is 0 Å². The first-order valence-corrected chi connectivity index (χ1v) is 7.27. The predicted octanol–water partition coefficient (Wildman–Crippen LogP) is 3.00. The predicted molar refractivity (Wildman–Crippen MR) is 80.6 cm³/mol. The Kier molecular flexibility index (Phi) is 4.64. The van der Waals surface area contributed by atoms with Crippen molar-refractivity contribution in [3.8, 4) is 0 Å². The van der Waals surface area contributed by atoms with Gasteiger partial charge in [0.25, 0.3) is 0 Å². The van der Waals surface area contributed by atoms with Crippen LogP contribution in [-0.4, -0.2) is 35.1 Å². The van der Waals surface area contributed by atoms with Crippen molar-refractivity contribution in [1.29, 1.82) is 0 Å². The maximum atomic E-state index is 12.1. The van der Waals surface area contributed by atoms with Gasteiger partial charge >= 0.3 is 12.0 Å². The van der Waals surface area contributed by atoms with Crippen LogP contribution < -0.4 is 5.32 Å². The minimum atomic E-state index is -0.876. The second kappa shape index (κ2) is 6.12. The topological polar surface area (TPSA) is 69.6 Å². The zero-order chi connectivity index (χ0) is 15.6. The van der Waals surface area contributed by atoms with Crippen LogP contribution >= 0.6 is 23.2 Å². The summed E-state index contributed by atoms with van der Waals surface area (Å²) in [7, 11) is 0. The third kappa shape index (κ3) is 3.60. The Balaban J connectivity index is 1.93. The van der Waals surface area contributed by atoms with Crippen LogP contribution in [0, 0.1) is 5.41 Å². The van der Waals surface area contributed by atoms with Gasteiger partial charge in [0.2, 0.25) is 0 Å². The molecule has 5 nitrogen and oxygen atoms in total. The lowest BCUT2D eigenvalue weighted by Gasteiger charge is -2.20. The number of amides is 2. The summed E-state index contributed by atoms with van der Waals surface area (Å²) in [5.74, 6) is -0.876. The molecule has 1 heterocycles. The highest BCUT2D eigenvalue weighted by Crippen LogP contribution is 2.30. The van der Waals surface area contributed by atoms with Gasteiger partial charge in [-0.25, -0.2) is 4.79 Å². The molecule has 2 rings (SSSR count). The van der Waals surface area contributed by atoms with E-state index >= 15 is 0 Å². The van der Waals surface area contributed by atoms with Gasteiger partial charge in [-0.2, -0.15) is 0 Å². The summed E-state index contributed by atoms with van der Waals surface area (Å²) >= 11 is 11.8. The minimum Gasteiger partial charge on any atom is -0.481 e. The fourth-order valence-electron chi connectivity index (χ4n) is 2.26. The highest BCUT2D eigenvalue weighted by atomic mass is 35.5. The molecule has 21 heavy (non-hydrogen) atoms. The minimum absolute atomic E-state index is 0.211. The number of hydrogen-bond donors (Lipinski definition) is 2. The Bertz CT molecular complexity index is 579. The maximum Gasteiger partial charge on any atom is 0.317 e. The Morgan fingerprint density at radius 3 is 2.71 bits per heavy atom. The SMILES string of the molecule is CC1(C(=O)O)CCN(C(=O)NCc2ccc(Cl)cc2Cl)C1. The highest BCUT2D eigenvalue weighted by Gasteiger charge is 2.42. The van der Waals surface area contributed by atoms with E-state index in [1.165, 1.54) is 4.90 Å². The van der Waals surface area contributed by atoms with E-state index in [0.29, 0.717) is 23.0 Å². The van der Waals surface area contributed by atoms with Crippen LogP contribution in [-0.2, 0) is 11.3 Å². The molecule has 7 heteroatoms. The average molecular weight is 331 g/mol. The standard InChI is InChI=1S/C14H16Cl2N2O3/c1-14(12(19)20)4-5-18(8-14)13(21)17-7-9-2-3-10(15)6-11(9)16/h2-3,6H,4-5,7-8H2,1H3,(H,17,21)(H,19,20). The summed E-state index contributed by atoms with van der Waals surface area (Å²) in [6, 6.07) is 4.77. The van der Waals surface area contributed by atoms with E-state index in [4.69, 9.17) is 28.3 Å². The number of carbonyl (C=O) groups is 2. The van der Waals surface area contributed by atoms with Crippen molar-refractivity contribution in [2.24, 2.45) is 5.41 Å². The van der Waals surface area contributed by atoms with Crippen molar-refractivity contribution in [3.05, 3.63) is 33.8 Å². The molecule has 1 aromatic carbocycles. The molecule has 114 valence electrons. The van der Waals surface area contributed by atoms with E-state index in [0.717, 1.165) is 5.56 Å². The number of carbonyl (C=O) groups excluding carboxylic acids is 1. The van der Waals surface area contributed by atoms with Gasteiger partial charge in [0, 0.05) is 29.7 Å². The van der Waals surface area contributed by atoms with Gasteiger partial charge in [0.15, 0.2) is 0 Å². The number of carboxylic acids is 1. The van der Waals surface area contributed by atoms with Gasteiger partial charge < -0.3 is 15.3 Å². The monoisotopic (exact) mass is 330 g/mol. The molecule has 0 bridgehead atoms. The molecule has 1 aliphatic rings. The molecule has 1 aliphatic heterocycles. The first-order chi connectivity index (χ1) is 9.82. The summed E-state index contributed by atoms with van der Waals surface area (Å²) in [6.45, 7) is 2.57. The van der Waals surface area contributed by atoms with Crippen molar-refractivity contribution in [2.75, 3.05) is 13.1 Å². The molecule has 2 N–H and O–H groups in total. The van der Waals surface area contributed by atoms with E-state index in [1.54, 1.807) is 25.1 Å². The molecule has 1 fully saturated rings.